The molecule has 0 atom stereocenters. The first-order chi connectivity index (χ1) is 7.88. The fourth-order valence-corrected chi connectivity index (χ4v) is 1.44. The maximum Gasteiger partial charge on any atom is 0.416 e. The highest BCUT2D eigenvalue weighted by Crippen LogP contribution is 2.29. The molecule has 0 unspecified atom stereocenters. The van der Waals surface area contributed by atoms with Crippen LogP contribution in [0, 0.1) is 6.92 Å². The minimum atomic E-state index is -4.40. The molecule has 0 saturated heterocycles. The van der Waals surface area contributed by atoms with Crippen molar-refractivity contribution in [2.45, 2.75) is 13.1 Å². The smallest absolute Gasteiger partial charge is 0.382 e. The van der Waals surface area contributed by atoms with Gasteiger partial charge in [-0.05, 0) is 19.1 Å². The summed E-state index contributed by atoms with van der Waals surface area (Å²) in [5.41, 5.74) is 5.31. The van der Waals surface area contributed by atoms with Crippen LogP contribution in [0.2, 0.25) is 0 Å². The van der Waals surface area contributed by atoms with Crippen LogP contribution in [-0.2, 0) is 6.18 Å². The van der Waals surface area contributed by atoms with Crippen LogP contribution in [0.25, 0.3) is 5.82 Å². The van der Waals surface area contributed by atoms with E-state index < -0.39 is 11.7 Å². The predicted molar refractivity (Wildman–Crippen MR) is 55.5 cm³/mol. The van der Waals surface area contributed by atoms with Gasteiger partial charge in [0.05, 0.1) is 5.56 Å². The molecule has 0 aliphatic heterocycles. The highest BCUT2D eigenvalue weighted by atomic mass is 19.4. The topological polar surface area (TPSA) is 56.7 Å². The summed E-state index contributed by atoms with van der Waals surface area (Å²) in [6, 6.07) is 3.40. The predicted octanol–water partition coefficient (Wildman–Crippen LogP) is 2.18. The molecule has 2 aromatic heterocycles. The minimum Gasteiger partial charge on any atom is -0.382 e. The van der Waals surface area contributed by atoms with Crippen LogP contribution >= 0.6 is 0 Å². The molecule has 0 spiro atoms. The highest BCUT2D eigenvalue weighted by molar-refractivity contribution is 5.36. The van der Waals surface area contributed by atoms with E-state index in [9.17, 15) is 13.2 Å². The molecule has 17 heavy (non-hydrogen) atoms. The minimum absolute atomic E-state index is 0.0917. The lowest BCUT2D eigenvalue weighted by Crippen LogP contribution is -2.08. The zero-order chi connectivity index (χ0) is 12.6. The van der Waals surface area contributed by atoms with Gasteiger partial charge in [0.25, 0.3) is 0 Å². The number of aromatic nitrogens is 3. The first kappa shape index (κ1) is 11.4. The number of alkyl halides is 3. The average molecular weight is 242 g/mol. The summed E-state index contributed by atoms with van der Waals surface area (Å²) in [6.07, 6.45) is -3.31. The number of anilines is 1. The number of aryl methyl sites for hydroxylation is 1. The van der Waals surface area contributed by atoms with E-state index in [2.05, 4.69) is 10.1 Å². The molecule has 0 fully saturated rings. The van der Waals surface area contributed by atoms with E-state index >= 15 is 0 Å². The molecule has 4 nitrogen and oxygen atoms in total. The SMILES string of the molecule is Cc1cc(N)nn1-c1cc(C(F)(F)F)ccn1. The van der Waals surface area contributed by atoms with Crippen LogP contribution in [-0.4, -0.2) is 14.8 Å². The molecule has 90 valence electrons. The number of pyridine rings is 1. The van der Waals surface area contributed by atoms with Crippen molar-refractivity contribution in [3.63, 3.8) is 0 Å². The Balaban J connectivity index is 2.50. The molecule has 2 aromatic rings. The number of nitrogens with two attached hydrogens (primary N) is 1. The number of halogens is 3. The van der Waals surface area contributed by atoms with Crippen molar-refractivity contribution in [2.75, 3.05) is 5.73 Å². The van der Waals surface area contributed by atoms with Gasteiger partial charge in [0.1, 0.15) is 5.82 Å². The van der Waals surface area contributed by atoms with Crippen LogP contribution in [0.1, 0.15) is 11.3 Å². The Bertz CT molecular complexity index is 545. The van der Waals surface area contributed by atoms with Gasteiger partial charge in [-0.3, -0.25) is 0 Å². The van der Waals surface area contributed by atoms with Gasteiger partial charge in [-0.25, -0.2) is 9.67 Å². The van der Waals surface area contributed by atoms with Gasteiger partial charge in [0, 0.05) is 18.0 Å². The lowest BCUT2D eigenvalue weighted by Gasteiger charge is -2.08. The Hall–Kier alpha value is -2.05. The summed E-state index contributed by atoms with van der Waals surface area (Å²) in [6.45, 7) is 1.69. The molecule has 7 heteroatoms. The molecule has 0 aliphatic rings. The molecule has 0 aliphatic carbocycles. The number of hydrogen-bond acceptors (Lipinski definition) is 3. The molecular weight excluding hydrogens is 233 g/mol. The van der Waals surface area contributed by atoms with Crippen LogP contribution in [0.15, 0.2) is 24.4 Å². The van der Waals surface area contributed by atoms with Crippen molar-refractivity contribution in [1.29, 1.82) is 0 Å². The fourth-order valence-electron chi connectivity index (χ4n) is 1.44. The van der Waals surface area contributed by atoms with Crippen molar-refractivity contribution >= 4 is 5.82 Å². The second-order valence-electron chi connectivity index (χ2n) is 3.52. The molecular formula is C10H9F3N4. The Labute approximate surface area is 94.9 Å². The van der Waals surface area contributed by atoms with Crippen molar-refractivity contribution < 1.29 is 13.2 Å². The maximum absolute atomic E-state index is 12.5. The van der Waals surface area contributed by atoms with Crippen LogP contribution in [0.5, 0.6) is 0 Å². The van der Waals surface area contributed by atoms with E-state index in [0.717, 1.165) is 18.3 Å². The lowest BCUT2D eigenvalue weighted by molar-refractivity contribution is -0.137. The first-order valence-electron chi connectivity index (χ1n) is 4.73. The van der Waals surface area contributed by atoms with Crippen molar-refractivity contribution in [3.8, 4) is 5.82 Å². The van der Waals surface area contributed by atoms with E-state index in [-0.39, 0.29) is 11.6 Å². The Morgan fingerprint density at radius 1 is 1.29 bits per heavy atom. The molecule has 2 N–H and O–H groups in total. The number of rotatable bonds is 1. The van der Waals surface area contributed by atoms with Crippen molar-refractivity contribution in [1.82, 2.24) is 14.8 Å². The lowest BCUT2D eigenvalue weighted by atomic mass is 10.2. The van der Waals surface area contributed by atoms with Crippen LogP contribution in [0.3, 0.4) is 0 Å². The van der Waals surface area contributed by atoms with Crippen molar-refractivity contribution in [2.24, 2.45) is 0 Å². The largest absolute Gasteiger partial charge is 0.416 e. The molecule has 0 aromatic carbocycles. The van der Waals surface area contributed by atoms with Gasteiger partial charge in [-0.2, -0.15) is 13.2 Å². The summed E-state index contributed by atoms with van der Waals surface area (Å²) in [5, 5.41) is 3.87. The highest BCUT2D eigenvalue weighted by Gasteiger charge is 2.31. The first-order valence-corrected chi connectivity index (χ1v) is 4.73. The summed E-state index contributed by atoms with van der Waals surface area (Å²) >= 11 is 0. The Kier molecular flexibility index (Phi) is 2.53. The maximum atomic E-state index is 12.5. The standard InChI is InChI=1S/C10H9F3N4/c1-6-4-8(14)16-17(6)9-5-7(2-3-15-9)10(11,12)13/h2-5H,1H3,(H2,14,16). The fraction of sp³-hybridized carbons (Fsp3) is 0.200. The third-order valence-corrected chi connectivity index (χ3v) is 2.20. The number of nitrogens with zero attached hydrogens (tertiary/aromatic N) is 3. The molecule has 0 saturated carbocycles. The quantitative estimate of drug-likeness (QED) is 0.833. The van der Waals surface area contributed by atoms with Crippen LogP contribution in [0.4, 0.5) is 19.0 Å². The Morgan fingerprint density at radius 3 is 2.53 bits per heavy atom. The third kappa shape index (κ3) is 2.22. The zero-order valence-electron chi connectivity index (χ0n) is 8.86. The van der Waals surface area contributed by atoms with Crippen LogP contribution < -0.4 is 5.73 Å². The second kappa shape index (κ2) is 3.76. The second-order valence-corrected chi connectivity index (χ2v) is 3.52. The summed E-state index contributed by atoms with van der Waals surface area (Å²) in [7, 11) is 0. The summed E-state index contributed by atoms with van der Waals surface area (Å²) in [5.74, 6) is 0.329. The third-order valence-electron chi connectivity index (χ3n) is 2.20. The van der Waals surface area contributed by atoms with E-state index in [0.29, 0.717) is 5.69 Å². The van der Waals surface area contributed by atoms with E-state index in [4.69, 9.17) is 5.73 Å². The average Bonchev–Trinajstić information content (AvgIpc) is 2.57. The van der Waals surface area contributed by atoms with E-state index in [1.165, 1.54) is 4.68 Å². The molecule has 2 heterocycles. The monoisotopic (exact) mass is 242 g/mol. The normalized spacial score (nSPS) is 11.8. The zero-order valence-corrected chi connectivity index (χ0v) is 8.86. The van der Waals surface area contributed by atoms with Gasteiger partial charge in [-0.15, -0.1) is 5.10 Å². The summed E-state index contributed by atoms with van der Waals surface area (Å²) in [4.78, 5) is 3.84. The van der Waals surface area contributed by atoms with Gasteiger partial charge < -0.3 is 5.73 Å². The van der Waals surface area contributed by atoms with Gasteiger partial charge in [0.2, 0.25) is 0 Å². The van der Waals surface area contributed by atoms with Gasteiger partial charge in [-0.1, -0.05) is 0 Å². The molecule has 2 rings (SSSR count). The molecule has 0 bridgehead atoms. The van der Waals surface area contributed by atoms with E-state index in [1.54, 1.807) is 13.0 Å². The van der Waals surface area contributed by atoms with E-state index in [1.807, 2.05) is 0 Å². The van der Waals surface area contributed by atoms with Gasteiger partial charge in [0.15, 0.2) is 5.82 Å². The molecule has 0 radical (unpaired) electrons. The van der Waals surface area contributed by atoms with Gasteiger partial charge >= 0.3 is 6.18 Å². The Morgan fingerprint density at radius 2 is 2.00 bits per heavy atom. The van der Waals surface area contributed by atoms with Crippen molar-refractivity contribution in [3.05, 3.63) is 35.7 Å². The number of hydrogen-bond donors (Lipinski definition) is 1. The molecule has 0 amide bonds. The summed E-state index contributed by atoms with van der Waals surface area (Å²) < 4.78 is 38.8. The number of nitrogen functional groups attached to an aromatic ring is 1.